The van der Waals surface area contributed by atoms with Gasteiger partial charge in [0.05, 0.1) is 15.7 Å². The van der Waals surface area contributed by atoms with Crippen molar-refractivity contribution in [3.63, 3.8) is 0 Å². The van der Waals surface area contributed by atoms with Gasteiger partial charge in [-0.25, -0.2) is 0 Å². The fourth-order valence-electron chi connectivity index (χ4n) is 2.95. The van der Waals surface area contributed by atoms with Crippen LogP contribution in [0.15, 0.2) is 48.7 Å². The van der Waals surface area contributed by atoms with Crippen LogP contribution in [-0.2, 0) is 22.7 Å². The maximum atomic E-state index is 12.3. The molecular formula is C20H21Cl2N5O2. The van der Waals surface area contributed by atoms with Gasteiger partial charge in [-0.1, -0.05) is 41.4 Å². The summed E-state index contributed by atoms with van der Waals surface area (Å²) in [4.78, 5) is 23.5. The standard InChI is InChI=1S/C20H21Cl2N5O2/c1-12(28)25-19-15(21)8-13(9-16(19)22)10-24-20(23)26-18(29)11-27-7-6-14-4-2-3-5-17(14)27/h2-9,20,24H,10-11,23H2,1H3,(H,25,28)(H,26,29). The number of amides is 2. The molecule has 0 saturated heterocycles. The van der Waals surface area contributed by atoms with Crippen LogP contribution in [0.3, 0.4) is 0 Å². The first-order chi connectivity index (χ1) is 13.8. The first kappa shape index (κ1) is 21.1. The minimum atomic E-state index is -0.753. The molecule has 1 heterocycles. The lowest BCUT2D eigenvalue weighted by atomic mass is 10.2. The molecular weight excluding hydrogens is 413 g/mol. The van der Waals surface area contributed by atoms with Gasteiger partial charge in [-0.15, -0.1) is 0 Å². The number of para-hydroxylation sites is 1. The summed E-state index contributed by atoms with van der Waals surface area (Å²) in [5.74, 6) is -0.483. The van der Waals surface area contributed by atoms with E-state index in [9.17, 15) is 9.59 Å². The van der Waals surface area contributed by atoms with E-state index in [1.165, 1.54) is 6.92 Å². The van der Waals surface area contributed by atoms with Gasteiger partial charge in [0.2, 0.25) is 11.8 Å². The van der Waals surface area contributed by atoms with Crippen LogP contribution < -0.4 is 21.7 Å². The second kappa shape index (κ2) is 9.28. The first-order valence-electron chi connectivity index (χ1n) is 8.91. The average Bonchev–Trinajstić information content (AvgIpc) is 3.06. The second-order valence-corrected chi connectivity index (χ2v) is 7.36. The van der Waals surface area contributed by atoms with Crippen LogP contribution >= 0.6 is 23.2 Å². The Morgan fingerprint density at radius 2 is 1.83 bits per heavy atom. The van der Waals surface area contributed by atoms with E-state index >= 15 is 0 Å². The Balaban J connectivity index is 1.55. The number of hydrogen-bond acceptors (Lipinski definition) is 4. The zero-order chi connectivity index (χ0) is 21.0. The summed E-state index contributed by atoms with van der Waals surface area (Å²) in [6.07, 6.45) is 1.11. The first-order valence-corrected chi connectivity index (χ1v) is 9.67. The van der Waals surface area contributed by atoms with Crippen LogP contribution in [0, 0.1) is 0 Å². The highest BCUT2D eigenvalue weighted by atomic mass is 35.5. The minimum Gasteiger partial charge on any atom is -0.338 e. The second-order valence-electron chi connectivity index (χ2n) is 6.54. The van der Waals surface area contributed by atoms with E-state index in [4.69, 9.17) is 28.9 Å². The lowest BCUT2D eigenvalue weighted by Gasteiger charge is -2.17. The number of nitrogens with two attached hydrogens (primary N) is 1. The van der Waals surface area contributed by atoms with Gasteiger partial charge in [-0.05, 0) is 35.2 Å². The molecule has 29 heavy (non-hydrogen) atoms. The molecule has 152 valence electrons. The van der Waals surface area contributed by atoms with Crippen LogP contribution in [0.1, 0.15) is 12.5 Å². The number of carbonyl (C=O) groups excluding carboxylic acids is 2. The molecule has 0 bridgehead atoms. The van der Waals surface area contributed by atoms with Gasteiger partial charge in [0, 0.05) is 25.2 Å². The predicted octanol–water partition coefficient (Wildman–Crippen LogP) is 3.05. The molecule has 0 aliphatic carbocycles. The fraction of sp³-hybridized carbons (Fsp3) is 0.200. The van der Waals surface area contributed by atoms with Crippen molar-refractivity contribution < 1.29 is 9.59 Å². The maximum Gasteiger partial charge on any atom is 0.242 e. The van der Waals surface area contributed by atoms with Crippen molar-refractivity contribution in [1.29, 1.82) is 0 Å². The summed E-state index contributed by atoms with van der Waals surface area (Å²) in [7, 11) is 0. The van der Waals surface area contributed by atoms with Gasteiger partial charge in [-0.3, -0.25) is 20.6 Å². The van der Waals surface area contributed by atoms with E-state index in [1.54, 1.807) is 12.1 Å². The number of fused-ring (bicyclic) bond motifs is 1. The van der Waals surface area contributed by atoms with Gasteiger partial charge >= 0.3 is 0 Å². The van der Waals surface area contributed by atoms with Gasteiger partial charge in [0.1, 0.15) is 12.8 Å². The Morgan fingerprint density at radius 3 is 2.52 bits per heavy atom. The van der Waals surface area contributed by atoms with Crippen molar-refractivity contribution in [1.82, 2.24) is 15.2 Å². The molecule has 2 amide bonds. The molecule has 7 nitrogen and oxygen atoms in total. The van der Waals surface area contributed by atoms with Crippen LogP contribution in [-0.4, -0.2) is 22.7 Å². The summed E-state index contributed by atoms with van der Waals surface area (Å²) in [5, 5.41) is 9.99. The number of halogens is 2. The van der Waals surface area contributed by atoms with E-state index in [1.807, 2.05) is 41.1 Å². The van der Waals surface area contributed by atoms with Crippen molar-refractivity contribution in [2.75, 3.05) is 5.32 Å². The fourth-order valence-corrected chi connectivity index (χ4v) is 3.58. The minimum absolute atomic E-state index is 0.159. The van der Waals surface area contributed by atoms with E-state index in [0.29, 0.717) is 22.3 Å². The number of rotatable bonds is 7. The third kappa shape index (κ3) is 5.48. The molecule has 0 radical (unpaired) electrons. The zero-order valence-corrected chi connectivity index (χ0v) is 17.2. The van der Waals surface area contributed by atoms with E-state index in [-0.39, 0.29) is 18.4 Å². The van der Waals surface area contributed by atoms with Gasteiger partial charge in [-0.2, -0.15) is 0 Å². The highest BCUT2D eigenvalue weighted by molar-refractivity contribution is 6.39. The number of aromatic nitrogens is 1. The summed E-state index contributed by atoms with van der Waals surface area (Å²) in [5.41, 5.74) is 8.06. The smallest absolute Gasteiger partial charge is 0.242 e. The van der Waals surface area contributed by atoms with E-state index < -0.39 is 6.29 Å². The molecule has 0 aliphatic heterocycles. The predicted molar refractivity (Wildman–Crippen MR) is 116 cm³/mol. The summed E-state index contributed by atoms with van der Waals surface area (Å²) in [6.45, 7) is 1.86. The Hall–Kier alpha value is -2.58. The summed E-state index contributed by atoms with van der Waals surface area (Å²) < 4.78 is 1.86. The average molecular weight is 434 g/mol. The normalized spacial score (nSPS) is 12.0. The van der Waals surface area contributed by atoms with E-state index in [2.05, 4.69) is 16.0 Å². The monoisotopic (exact) mass is 433 g/mol. The van der Waals surface area contributed by atoms with Crippen molar-refractivity contribution in [2.45, 2.75) is 26.3 Å². The molecule has 0 spiro atoms. The summed E-state index contributed by atoms with van der Waals surface area (Å²) in [6, 6.07) is 13.1. The van der Waals surface area contributed by atoms with Gasteiger partial charge < -0.3 is 15.2 Å². The highest BCUT2D eigenvalue weighted by Crippen LogP contribution is 2.31. The molecule has 9 heteroatoms. The zero-order valence-electron chi connectivity index (χ0n) is 15.7. The third-order valence-corrected chi connectivity index (χ3v) is 4.84. The van der Waals surface area contributed by atoms with Crippen molar-refractivity contribution >= 4 is 51.6 Å². The van der Waals surface area contributed by atoms with Crippen LogP contribution in [0.4, 0.5) is 5.69 Å². The molecule has 0 fully saturated rings. The lowest BCUT2D eigenvalue weighted by molar-refractivity contribution is -0.122. The molecule has 2 aromatic carbocycles. The Labute approximate surface area is 178 Å². The molecule has 1 aromatic heterocycles. The van der Waals surface area contributed by atoms with Gasteiger partial charge in [0.15, 0.2) is 0 Å². The Kier molecular flexibility index (Phi) is 6.76. The number of nitrogens with one attached hydrogen (secondary N) is 3. The number of hydrogen-bond donors (Lipinski definition) is 4. The number of benzene rings is 2. The topological polar surface area (TPSA) is 101 Å². The quantitative estimate of drug-likeness (QED) is 0.430. The lowest BCUT2D eigenvalue weighted by Crippen LogP contribution is -2.52. The largest absolute Gasteiger partial charge is 0.338 e. The van der Waals surface area contributed by atoms with Crippen molar-refractivity contribution in [3.05, 3.63) is 64.3 Å². The Bertz CT molecular complexity index is 1030. The van der Waals surface area contributed by atoms with E-state index in [0.717, 1.165) is 16.5 Å². The van der Waals surface area contributed by atoms with Crippen LogP contribution in [0.5, 0.6) is 0 Å². The third-order valence-electron chi connectivity index (χ3n) is 4.24. The molecule has 5 N–H and O–H groups in total. The molecule has 3 aromatic rings. The molecule has 1 unspecified atom stereocenters. The van der Waals surface area contributed by atoms with Crippen LogP contribution in [0.25, 0.3) is 10.9 Å². The van der Waals surface area contributed by atoms with Crippen molar-refractivity contribution in [2.24, 2.45) is 5.73 Å². The maximum absolute atomic E-state index is 12.3. The SMILES string of the molecule is CC(=O)Nc1c(Cl)cc(CNC(N)NC(=O)Cn2ccc3ccccc32)cc1Cl. The molecule has 1 atom stereocenters. The number of anilines is 1. The summed E-state index contributed by atoms with van der Waals surface area (Å²) >= 11 is 12.3. The number of nitrogens with zero attached hydrogens (tertiary/aromatic N) is 1. The Morgan fingerprint density at radius 1 is 1.14 bits per heavy atom. The van der Waals surface area contributed by atoms with Crippen LogP contribution in [0.2, 0.25) is 10.0 Å². The molecule has 0 aliphatic rings. The molecule has 0 saturated carbocycles. The number of carbonyl (C=O) groups is 2. The van der Waals surface area contributed by atoms with Crippen molar-refractivity contribution in [3.8, 4) is 0 Å². The van der Waals surface area contributed by atoms with Gasteiger partial charge in [0.25, 0.3) is 0 Å². The highest BCUT2D eigenvalue weighted by Gasteiger charge is 2.12. The molecule has 3 rings (SSSR count).